The smallest absolute Gasteiger partial charge is 0.256 e. The van der Waals surface area contributed by atoms with Crippen LogP contribution in [0, 0.1) is 11.3 Å². The summed E-state index contributed by atoms with van der Waals surface area (Å²) in [5.41, 5.74) is 3.01. The number of unbranched alkanes of at least 4 members (excludes halogenated alkanes) is 4. The maximum atomic E-state index is 8.56. The number of hydrogen-bond donors (Lipinski definition) is 0. The normalized spacial score (nSPS) is 10.6. The Balaban J connectivity index is 1.70. The summed E-state index contributed by atoms with van der Waals surface area (Å²) in [6, 6.07) is 22.5. The van der Waals surface area contributed by atoms with Gasteiger partial charge in [0.25, 0.3) is 5.22 Å². The van der Waals surface area contributed by atoms with Crippen LogP contribution in [0.15, 0.2) is 70.3 Å². The zero-order valence-corrected chi connectivity index (χ0v) is 15.5. The second-order valence-corrected chi connectivity index (χ2v) is 7.11. The highest BCUT2D eigenvalue weighted by molar-refractivity contribution is 7.99. The monoisotopic (exact) mass is 362 g/mol. The summed E-state index contributed by atoms with van der Waals surface area (Å²) in [7, 11) is 0. The van der Waals surface area contributed by atoms with Crippen LogP contribution in [0.1, 0.15) is 32.1 Å². The molecule has 0 aliphatic carbocycles. The molecule has 132 valence electrons. The number of nitriles is 1. The highest BCUT2D eigenvalue weighted by Gasteiger charge is 2.16. The summed E-state index contributed by atoms with van der Waals surface area (Å²) in [5, 5.41) is 9.28. The minimum Gasteiger partial charge on any atom is -0.431 e. The molecule has 4 heteroatoms. The standard InChI is InChI=1S/C22H22N2OS/c23-16-10-2-1-3-11-17-26-22-24-20(18-12-6-4-7-13-18)21(25-22)19-14-8-5-9-15-19/h4-9,12-15H,1-3,10-11,17H2. The second kappa shape index (κ2) is 9.84. The van der Waals surface area contributed by atoms with Crippen molar-refractivity contribution in [1.29, 1.82) is 5.26 Å². The molecule has 0 bridgehead atoms. The quantitative estimate of drug-likeness (QED) is 0.319. The lowest BCUT2D eigenvalue weighted by atomic mass is 10.1. The van der Waals surface area contributed by atoms with Gasteiger partial charge in [-0.15, -0.1) is 0 Å². The molecule has 0 amide bonds. The highest BCUT2D eigenvalue weighted by atomic mass is 32.2. The van der Waals surface area contributed by atoms with Gasteiger partial charge in [0.2, 0.25) is 0 Å². The first-order valence-corrected chi connectivity index (χ1v) is 9.98. The van der Waals surface area contributed by atoms with Gasteiger partial charge in [0.1, 0.15) is 5.69 Å². The van der Waals surface area contributed by atoms with Gasteiger partial charge in [-0.2, -0.15) is 5.26 Å². The summed E-state index contributed by atoms with van der Waals surface area (Å²) >= 11 is 1.67. The molecule has 0 saturated heterocycles. The Bertz CT molecular complexity index is 781. The van der Waals surface area contributed by atoms with Gasteiger partial charge in [0.15, 0.2) is 5.76 Å². The highest BCUT2D eigenvalue weighted by Crippen LogP contribution is 2.35. The first-order valence-electron chi connectivity index (χ1n) is 9.00. The van der Waals surface area contributed by atoms with Crippen molar-refractivity contribution in [3.63, 3.8) is 0 Å². The fourth-order valence-electron chi connectivity index (χ4n) is 2.76. The second-order valence-electron chi connectivity index (χ2n) is 6.06. The third kappa shape index (κ3) is 5.00. The molecule has 3 nitrogen and oxygen atoms in total. The largest absolute Gasteiger partial charge is 0.431 e. The van der Waals surface area contributed by atoms with Crippen molar-refractivity contribution >= 4 is 11.8 Å². The number of nitrogens with zero attached hydrogens (tertiary/aromatic N) is 2. The molecule has 3 rings (SSSR count). The van der Waals surface area contributed by atoms with E-state index in [1.165, 1.54) is 0 Å². The first-order chi connectivity index (χ1) is 12.9. The Morgan fingerprint density at radius 1 is 0.846 bits per heavy atom. The van der Waals surface area contributed by atoms with E-state index in [0.717, 1.165) is 59.2 Å². The van der Waals surface area contributed by atoms with E-state index in [-0.39, 0.29) is 0 Å². The molecule has 1 heterocycles. The summed E-state index contributed by atoms with van der Waals surface area (Å²) in [4.78, 5) is 4.76. The van der Waals surface area contributed by atoms with E-state index in [1.54, 1.807) is 11.8 Å². The van der Waals surface area contributed by atoms with E-state index in [4.69, 9.17) is 14.7 Å². The predicted octanol–water partition coefficient (Wildman–Crippen LogP) is 6.57. The van der Waals surface area contributed by atoms with Crippen molar-refractivity contribution in [2.75, 3.05) is 5.75 Å². The minimum absolute atomic E-state index is 0.660. The summed E-state index contributed by atoms with van der Waals surface area (Å²) < 4.78 is 6.11. The van der Waals surface area contributed by atoms with Gasteiger partial charge < -0.3 is 4.42 Å². The molecule has 0 fully saturated rings. The summed E-state index contributed by atoms with van der Waals surface area (Å²) in [6.45, 7) is 0. The van der Waals surface area contributed by atoms with E-state index in [1.807, 2.05) is 36.4 Å². The maximum Gasteiger partial charge on any atom is 0.256 e. The molecule has 2 aromatic carbocycles. The van der Waals surface area contributed by atoms with Crippen molar-refractivity contribution in [2.45, 2.75) is 37.3 Å². The summed E-state index contributed by atoms with van der Waals surface area (Å²) in [6.07, 6.45) is 5.03. The van der Waals surface area contributed by atoms with Crippen LogP contribution >= 0.6 is 11.8 Å². The lowest BCUT2D eigenvalue weighted by Crippen LogP contribution is -1.83. The third-order valence-electron chi connectivity index (χ3n) is 4.10. The zero-order valence-electron chi connectivity index (χ0n) is 14.7. The van der Waals surface area contributed by atoms with Crippen molar-refractivity contribution in [1.82, 2.24) is 4.98 Å². The predicted molar refractivity (Wildman–Crippen MR) is 107 cm³/mol. The number of oxazole rings is 1. The number of rotatable bonds is 9. The van der Waals surface area contributed by atoms with Crippen LogP contribution < -0.4 is 0 Å². The van der Waals surface area contributed by atoms with Crippen molar-refractivity contribution in [2.24, 2.45) is 0 Å². The van der Waals surface area contributed by atoms with Crippen LogP contribution in [0.2, 0.25) is 0 Å². The van der Waals surface area contributed by atoms with Crippen LogP contribution in [0.5, 0.6) is 0 Å². The average Bonchev–Trinajstić information content (AvgIpc) is 3.13. The van der Waals surface area contributed by atoms with Crippen molar-refractivity contribution in [3.05, 3.63) is 60.7 Å². The molecule has 0 aliphatic heterocycles. The van der Waals surface area contributed by atoms with E-state index < -0.39 is 0 Å². The number of hydrogen-bond acceptors (Lipinski definition) is 4. The van der Waals surface area contributed by atoms with E-state index >= 15 is 0 Å². The Morgan fingerprint density at radius 2 is 1.50 bits per heavy atom. The average molecular weight is 362 g/mol. The van der Waals surface area contributed by atoms with E-state index in [2.05, 4.69) is 30.3 Å². The lowest BCUT2D eigenvalue weighted by molar-refractivity contribution is 0.466. The number of benzene rings is 2. The van der Waals surface area contributed by atoms with Gasteiger partial charge in [0, 0.05) is 23.3 Å². The molecule has 0 radical (unpaired) electrons. The Kier molecular flexibility index (Phi) is 6.92. The Labute approximate surface area is 159 Å². The van der Waals surface area contributed by atoms with Gasteiger partial charge in [-0.3, -0.25) is 0 Å². The molecule has 0 N–H and O–H groups in total. The third-order valence-corrected chi connectivity index (χ3v) is 5.01. The van der Waals surface area contributed by atoms with Gasteiger partial charge in [-0.05, 0) is 12.8 Å². The molecule has 1 aromatic heterocycles. The molecular weight excluding hydrogens is 340 g/mol. The van der Waals surface area contributed by atoms with E-state index in [0.29, 0.717) is 6.42 Å². The van der Waals surface area contributed by atoms with Crippen molar-refractivity contribution < 1.29 is 4.42 Å². The first kappa shape index (κ1) is 18.3. The van der Waals surface area contributed by atoms with Crippen LogP contribution in [0.4, 0.5) is 0 Å². The molecule has 26 heavy (non-hydrogen) atoms. The lowest BCUT2D eigenvalue weighted by Gasteiger charge is -2.00. The molecule has 3 aromatic rings. The van der Waals surface area contributed by atoms with Crippen LogP contribution in [-0.2, 0) is 0 Å². The van der Waals surface area contributed by atoms with Gasteiger partial charge in [0.05, 0.1) is 6.07 Å². The molecule has 0 aliphatic rings. The van der Waals surface area contributed by atoms with Crippen molar-refractivity contribution in [3.8, 4) is 28.7 Å². The molecule has 0 atom stereocenters. The van der Waals surface area contributed by atoms with Crippen LogP contribution in [0.3, 0.4) is 0 Å². The molecule has 0 unspecified atom stereocenters. The number of thioether (sulfide) groups is 1. The van der Waals surface area contributed by atoms with Crippen LogP contribution in [0.25, 0.3) is 22.6 Å². The van der Waals surface area contributed by atoms with Gasteiger partial charge >= 0.3 is 0 Å². The van der Waals surface area contributed by atoms with Gasteiger partial charge in [-0.1, -0.05) is 85.3 Å². The fourth-order valence-corrected chi connectivity index (χ4v) is 3.58. The summed E-state index contributed by atoms with van der Waals surface area (Å²) in [5.74, 6) is 1.81. The van der Waals surface area contributed by atoms with E-state index in [9.17, 15) is 0 Å². The zero-order chi connectivity index (χ0) is 18.0. The molecule has 0 spiro atoms. The number of aromatic nitrogens is 1. The topological polar surface area (TPSA) is 49.8 Å². The SMILES string of the molecule is N#CCCCCCCSc1nc(-c2ccccc2)c(-c2ccccc2)o1. The minimum atomic E-state index is 0.660. The Hall–Kier alpha value is -2.51. The molecular formula is C22H22N2OS. The Morgan fingerprint density at radius 3 is 2.19 bits per heavy atom. The fraction of sp³-hybridized carbons (Fsp3) is 0.273. The maximum absolute atomic E-state index is 8.56. The van der Waals surface area contributed by atoms with Gasteiger partial charge in [-0.25, -0.2) is 4.98 Å². The molecule has 0 saturated carbocycles. The van der Waals surface area contributed by atoms with Crippen LogP contribution in [-0.4, -0.2) is 10.7 Å².